The van der Waals surface area contributed by atoms with Gasteiger partial charge >= 0.3 is 0 Å². The lowest BCUT2D eigenvalue weighted by molar-refractivity contribution is -0.355. The molecule has 2 aromatic carbocycles. The normalized spacial score (nSPS) is 11.5. The Morgan fingerprint density at radius 3 is 2.47 bits per heavy atom. The van der Waals surface area contributed by atoms with E-state index in [-0.39, 0.29) is 5.75 Å². The van der Waals surface area contributed by atoms with Gasteiger partial charge in [0.05, 0.1) is 0 Å². The topological polar surface area (TPSA) is 46.3 Å². The second-order valence-corrected chi connectivity index (χ2v) is 3.84. The van der Waals surface area contributed by atoms with Gasteiger partial charge in [0.15, 0.2) is 6.21 Å². The molecule has 3 nitrogen and oxygen atoms in total. The first-order chi connectivity index (χ1) is 8.16. The molecule has 0 fully saturated rings. The van der Waals surface area contributed by atoms with Crippen LogP contribution in [0, 0.1) is 12.1 Å². The number of nitrogens with zero attached hydrogens (tertiary/aromatic N) is 1. The second kappa shape index (κ2) is 4.70. The lowest BCUT2D eigenvalue weighted by atomic mass is 10.2. The summed E-state index contributed by atoms with van der Waals surface area (Å²) in [5.41, 5.74) is 2.12. The Labute approximate surface area is 99.9 Å². The van der Waals surface area contributed by atoms with Crippen LogP contribution in [0.1, 0.15) is 11.1 Å². The molecule has 0 saturated heterocycles. The average Bonchev–Trinajstić information content (AvgIpc) is 2.30. The lowest BCUT2D eigenvalue weighted by Gasteiger charge is -2.06. The van der Waals surface area contributed by atoms with Crippen LogP contribution in [0.4, 0.5) is 5.69 Å². The zero-order valence-electron chi connectivity index (χ0n) is 9.50. The van der Waals surface area contributed by atoms with Gasteiger partial charge in [-0.3, -0.25) is 0 Å². The first-order valence-electron chi connectivity index (χ1n) is 5.33. The van der Waals surface area contributed by atoms with Crippen LogP contribution in [0.2, 0.25) is 0 Å². The minimum absolute atomic E-state index is 0.166. The Balaban J connectivity index is 2.37. The fraction of sp³-hybridized carbons (Fsp3) is 0.0714. The molecule has 0 atom stereocenters. The summed E-state index contributed by atoms with van der Waals surface area (Å²) in [5.74, 6) is 0.166. The number of benzene rings is 2. The van der Waals surface area contributed by atoms with Gasteiger partial charge in [-0.05, 0) is 31.2 Å². The molecular formula is C14H13NO2. The number of hydrogen-bond acceptors (Lipinski definition) is 2. The highest BCUT2D eigenvalue weighted by Crippen LogP contribution is 2.22. The Morgan fingerprint density at radius 1 is 1.12 bits per heavy atom. The van der Waals surface area contributed by atoms with Crippen molar-refractivity contribution in [3.63, 3.8) is 0 Å². The van der Waals surface area contributed by atoms with Crippen molar-refractivity contribution in [2.75, 3.05) is 0 Å². The van der Waals surface area contributed by atoms with Crippen LogP contribution in [0.5, 0.6) is 5.75 Å². The van der Waals surface area contributed by atoms with Gasteiger partial charge in [0.2, 0.25) is 5.69 Å². The van der Waals surface area contributed by atoms with Crippen molar-refractivity contribution in [3.05, 3.63) is 64.9 Å². The van der Waals surface area contributed by atoms with Crippen molar-refractivity contribution in [2.45, 2.75) is 6.92 Å². The number of aromatic hydroxyl groups is 1. The van der Waals surface area contributed by atoms with E-state index < -0.39 is 0 Å². The second-order valence-electron chi connectivity index (χ2n) is 3.84. The zero-order valence-corrected chi connectivity index (χ0v) is 9.50. The van der Waals surface area contributed by atoms with Crippen LogP contribution >= 0.6 is 0 Å². The summed E-state index contributed by atoms with van der Waals surface area (Å²) in [6.45, 7) is 1.79. The fourth-order valence-electron chi connectivity index (χ4n) is 1.63. The van der Waals surface area contributed by atoms with Gasteiger partial charge in [0, 0.05) is 17.2 Å². The molecular weight excluding hydrogens is 214 g/mol. The number of phenols is 1. The van der Waals surface area contributed by atoms with Crippen LogP contribution in [0.3, 0.4) is 0 Å². The van der Waals surface area contributed by atoms with E-state index in [4.69, 9.17) is 0 Å². The summed E-state index contributed by atoms with van der Waals surface area (Å²) in [6, 6.07) is 14.1. The molecule has 0 bridgehead atoms. The molecule has 0 aliphatic rings. The Morgan fingerprint density at radius 2 is 1.82 bits per heavy atom. The maximum Gasteiger partial charge on any atom is 0.219 e. The summed E-state index contributed by atoms with van der Waals surface area (Å²) < 4.78 is 0.810. The van der Waals surface area contributed by atoms with Gasteiger partial charge in [0.1, 0.15) is 5.75 Å². The Kier molecular flexibility index (Phi) is 3.10. The van der Waals surface area contributed by atoms with Gasteiger partial charge < -0.3 is 10.3 Å². The first-order valence-corrected chi connectivity index (χ1v) is 5.33. The molecule has 2 aromatic rings. The molecule has 2 rings (SSSR count). The number of phenolic OH excluding ortho intramolecular Hbond substituents is 1. The molecule has 86 valence electrons. The lowest BCUT2D eigenvalue weighted by Crippen LogP contribution is -2.00. The van der Waals surface area contributed by atoms with E-state index in [2.05, 4.69) is 0 Å². The smallest absolute Gasteiger partial charge is 0.219 e. The third kappa shape index (κ3) is 2.64. The SMILES string of the molecule is Cc1cc(O)ccc1[N+]([O-])=Cc1ccccc1. The molecule has 0 radical (unpaired) electrons. The number of aryl methyl sites for hydroxylation is 1. The summed E-state index contributed by atoms with van der Waals surface area (Å²) in [4.78, 5) is 0. The molecule has 0 unspecified atom stereocenters. The average molecular weight is 227 g/mol. The monoisotopic (exact) mass is 227 g/mol. The highest BCUT2D eigenvalue weighted by atomic mass is 16.5. The fourth-order valence-corrected chi connectivity index (χ4v) is 1.63. The highest BCUT2D eigenvalue weighted by Gasteiger charge is 2.06. The predicted molar refractivity (Wildman–Crippen MR) is 67.7 cm³/mol. The summed E-state index contributed by atoms with van der Waals surface area (Å²) in [5, 5.41) is 21.2. The molecule has 0 amide bonds. The largest absolute Gasteiger partial charge is 0.618 e. The van der Waals surface area contributed by atoms with E-state index in [9.17, 15) is 10.3 Å². The van der Waals surface area contributed by atoms with E-state index in [0.717, 1.165) is 15.9 Å². The maximum absolute atomic E-state index is 11.9. The van der Waals surface area contributed by atoms with E-state index in [1.807, 2.05) is 30.3 Å². The van der Waals surface area contributed by atoms with E-state index >= 15 is 0 Å². The molecule has 1 N–H and O–H groups in total. The zero-order chi connectivity index (χ0) is 12.3. The number of hydrogen-bond donors (Lipinski definition) is 1. The van der Waals surface area contributed by atoms with Crippen molar-refractivity contribution < 1.29 is 9.85 Å². The Hall–Kier alpha value is -2.29. The van der Waals surface area contributed by atoms with E-state index in [1.165, 1.54) is 12.3 Å². The summed E-state index contributed by atoms with van der Waals surface area (Å²) in [6.07, 6.45) is 1.51. The van der Waals surface area contributed by atoms with Gasteiger partial charge in [-0.25, -0.2) is 0 Å². The predicted octanol–water partition coefficient (Wildman–Crippen LogP) is 2.96. The molecule has 0 aliphatic carbocycles. The van der Waals surface area contributed by atoms with Gasteiger partial charge in [-0.1, -0.05) is 18.2 Å². The van der Waals surface area contributed by atoms with Crippen molar-refractivity contribution in [1.29, 1.82) is 0 Å². The molecule has 0 aliphatic heterocycles. The van der Waals surface area contributed by atoms with Crippen LogP contribution in [0.25, 0.3) is 0 Å². The highest BCUT2D eigenvalue weighted by molar-refractivity contribution is 5.76. The molecule has 0 saturated carbocycles. The standard InChI is InChI=1S/C14H13NO2/c1-11-9-13(16)7-8-14(11)15(17)10-12-5-3-2-4-6-12/h2-10,16H,1H3. The van der Waals surface area contributed by atoms with Crippen molar-refractivity contribution in [1.82, 2.24) is 0 Å². The van der Waals surface area contributed by atoms with Gasteiger partial charge in [-0.15, -0.1) is 0 Å². The molecule has 0 aromatic heterocycles. The van der Waals surface area contributed by atoms with E-state index in [1.54, 1.807) is 19.1 Å². The van der Waals surface area contributed by atoms with Gasteiger partial charge in [0.25, 0.3) is 0 Å². The first kappa shape index (κ1) is 11.2. The Bertz CT molecular complexity index is 547. The molecule has 3 heteroatoms. The minimum Gasteiger partial charge on any atom is -0.618 e. The summed E-state index contributed by atoms with van der Waals surface area (Å²) >= 11 is 0. The third-order valence-electron chi connectivity index (χ3n) is 2.48. The molecule has 0 spiro atoms. The van der Waals surface area contributed by atoms with Crippen molar-refractivity contribution in [2.24, 2.45) is 0 Å². The summed E-state index contributed by atoms with van der Waals surface area (Å²) in [7, 11) is 0. The quantitative estimate of drug-likeness (QED) is 0.371. The van der Waals surface area contributed by atoms with Gasteiger partial charge in [-0.2, -0.15) is 4.74 Å². The molecule has 17 heavy (non-hydrogen) atoms. The van der Waals surface area contributed by atoms with Crippen LogP contribution in [0.15, 0.2) is 48.5 Å². The van der Waals surface area contributed by atoms with Crippen molar-refractivity contribution >= 4 is 11.9 Å². The van der Waals surface area contributed by atoms with Crippen LogP contribution in [-0.4, -0.2) is 16.1 Å². The van der Waals surface area contributed by atoms with Crippen molar-refractivity contribution in [3.8, 4) is 5.75 Å². The third-order valence-corrected chi connectivity index (χ3v) is 2.48. The molecule has 0 heterocycles. The van der Waals surface area contributed by atoms with Crippen LogP contribution < -0.4 is 0 Å². The number of rotatable bonds is 2. The minimum atomic E-state index is 0.166. The van der Waals surface area contributed by atoms with E-state index in [0.29, 0.717) is 5.69 Å². The van der Waals surface area contributed by atoms with Crippen LogP contribution in [-0.2, 0) is 0 Å². The maximum atomic E-state index is 11.9.